The number of thiocyanates is 1. The van der Waals surface area contributed by atoms with E-state index in [2.05, 4.69) is 6.58 Å². The molecule has 0 saturated heterocycles. The van der Waals surface area contributed by atoms with Crippen LogP contribution in [-0.2, 0) is 4.79 Å². The molecule has 0 aromatic carbocycles. The molecule has 2 nitrogen and oxygen atoms in total. The number of nitrogens with zero attached hydrogens (tertiary/aromatic N) is 1. The van der Waals surface area contributed by atoms with Crippen LogP contribution in [0.3, 0.4) is 0 Å². The lowest BCUT2D eigenvalue weighted by atomic mass is 10.1. The Balaban J connectivity index is 4.39. The van der Waals surface area contributed by atoms with Crippen molar-refractivity contribution < 1.29 is 4.79 Å². The molecule has 3 heteroatoms. The van der Waals surface area contributed by atoms with Crippen molar-refractivity contribution in [2.75, 3.05) is 5.75 Å². The fourth-order valence-corrected chi connectivity index (χ4v) is 1.09. The Kier molecular flexibility index (Phi) is 6.66. The van der Waals surface area contributed by atoms with Gasteiger partial charge in [-0.25, -0.2) is 0 Å². The predicted molar refractivity (Wildman–Crippen MR) is 56.2 cm³/mol. The van der Waals surface area contributed by atoms with E-state index < -0.39 is 0 Å². The van der Waals surface area contributed by atoms with Crippen molar-refractivity contribution in [2.45, 2.75) is 6.92 Å². The molecule has 0 atom stereocenters. The number of rotatable bonds is 5. The molecule has 0 aliphatic heterocycles. The standard InChI is InChI=1S/C10H11NOS/c1-3-5-9(6-4-2)10(12)7-13-8-11/h3-6H,1,7H2,2H3/b6-4-,9-5+. The molecule has 0 aliphatic rings. The molecule has 0 unspecified atom stereocenters. The maximum absolute atomic E-state index is 11.3. The van der Waals surface area contributed by atoms with Crippen molar-refractivity contribution in [2.24, 2.45) is 0 Å². The van der Waals surface area contributed by atoms with Gasteiger partial charge in [0, 0.05) is 5.57 Å². The molecule has 0 amide bonds. The zero-order chi connectivity index (χ0) is 10.1. The summed E-state index contributed by atoms with van der Waals surface area (Å²) in [7, 11) is 0. The number of carbonyl (C=O) groups is 1. The first-order chi connectivity index (χ1) is 6.26. The molecule has 13 heavy (non-hydrogen) atoms. The number of carbonyl (C=O) groups excluding carboxylic acids is 1. The molecule has 0 aliphatic carbocycles. The minimum atomic E-state index is -0.0513. The number of thioether (sulfide) groups is 1. The van der Waals surface area contributed by atoms with Gasteiger partial charge >= 0.3 is 0 Å². The Morgan fingerprint density at radius 3 is 2.85 bits per heavy atom. The number of allylic oxidation sites excluding steroid dienone is 5. The SMILES string of the molecule is C=C/C=C(\C=C/C)C(=O)CSC#N. The van der Waals surface area contributed by atoms with Crippen LogP contribution in [0.1, 0.15) is 6.92 Å². The minimum Gasteiger partial charge on any atom is -0.293 e. The van der Waals surface area contributed by atoms with Gasteiger partial charge in [-0.15, -0.1) is 0 Å². The first-order valence-corrected chi connectivity index (χ1v) is 4.74. The van der Waals surface area contributed by atoms with E-state index in [9.17, 15) is 4.79 Å². The first kappa shape index (κ1) is 11.7. The monoisotopic (exact) mass is 193 g/mol. The van der Waals surface area contributed by atoms with Gasteiger partial charge in [-0.3, -0.25) is 4.79 Å². The van der Waals surface area contributed by atoms with Crippen LogP contribution in [0.15, 0.2) is 36.5 Å². The highest BCUT2D eigenvalue weighted by Crippen LogP contribution is 2.05. The van der Waals surface area contributed by atoms with E-state index in [-0.39, 0.29) is 11.5 Å². The lowest BCUT2D eigenvalue weighted by Gasteiger charge is -1.96. The number of nitriles is 1. The normalized spacial score (nSPS) is 11.2. The molecule has 68 valence electrons. The van der Waals surface area contributed by atoms with Gasteiger partial charge in [-0.05, 0) is 18.7 Å². The molecule has 0 fully saturated rings. The second kappa shape index (κ2) is 7.38. The Labute approximate surface area is 82.6 Å². The molecule has 0 rings (SSSR count). The summed E-state index contributed by atoms with van der Waals surface area (Å²) in [5, 5.41) is 10.1. The topological polar surface area (TPSA) is 40.9 Å². The third kappa shape index (κ3) is 5.05. The van der Waals surface area contributed by atoms with Crippen LogP contribution >= 0.6 is 11.8 Å². The zero-order valence-electron chi connectivity index (χ0n) is 7.49. The maximum atomic E-state index is 11.3. The van der Waals surface area contributed by atoms with Crippen molar-refractivity contribution in [3.63, 3.8) is 0 Å². The summed E-state index contributed by atoms with van der Waals surface area (Å²) in [6.45, 7) is 5.35. The van der Waals surface area contributed by atoms with Gasteiger partial charge in [0.25, 0.3) is 0 Å². The van der Waals surface area contributed by atoms with E-state index in [0.717, 1.165) is 11.8 Å². The number of hydrogen-bond acceptors (Lipinski definition) is 3. The summed E-state index contributed by atoms with van der Waals surface area (Å²) in [6.07, 6.45) is 6.69. The van der Waals surface area contributed by atoms with E-state index in [4.69, 9.17) is 5.26 Å². The van der Waals surface area contributed by atoms with Gasteiger partial charge in [0.15, 0.2) is 5.78 Å². The number of hydrogen-bond donors (Lipinski definition) is 0. The van der Waals surface area contributed by atoms with Gasteiger partial charge in [0.1, 0.15) is 5.40 Å². The van der Waals surface area contributed by atoms with E-state index in [1.54, 1.807) is 24.3 Å². The van der Waals surface area contributed by atoms with Crippen molar-refractivity contribution in [1.82, 2.24) is 0 Å². The Bertz CT molecular complexity index is 284. The second-order valence-corrected chi connectivity index (χ2v) is 2.92. The summed E-state index contributed by atoms with van der Waals surface area (Å²) in [4.78, 5) is 11.3. The van der Waals surface area contributed by atoms with Gasteiger partial charge in [-0.1, -0.05) is 30.9 Å². The molecular formula is C10H11NOS. The fraction of sp³-hybridized carbons (Fsp3) is 0.200. The Morgan fingerprint density at radius 2 is 2.38 bits per heavy atom. The third-order valence-electron chi connectivity index (χ3n) is 1.23. The zero-order valence-corrected chi connectivity index (χ0v) is 8.30. The van der Waals surface area contributed by atoms with Crippen LogP contribution in [0, 0.1) is 10.7 Å². The minimum absolute atomic E-state index is 0.0513. The van der Waals surface area contributed by atoms with Crippen molar-refractivity contribution in [3.05, 3.63) is 36.5 Å². The van der Waals surface area contributed by atoms with Gasteiger partial charge in [0.05, 0.1) is 5.75 Å². The quantitative estimate of drug-likeness (QED) is 0.382. The van der Waals surface area contributed by atoms with Crippen LogP contribution in [0.5, 0.6) is 0 Å². The van der Waals surface area contributed by atoms with E-state index in [1.165, 1.54) is 0 Å². The lowest BCUT2D eigenvalue weighted by Crippen LogP contribution is -2.02. The smallest absolute Gasteiger partial charge is 0.173 e. The fourth-order valence-electron chi connectivity index (χ4n) is 0.729. The highest BCUT2D eigenvalue weighted by Gasteiger charge is 2.04. The molecule has 0 radical (unpaired) electrons. The highest BCUT2D eigenvalue weighted by molar-refractivity contribution is 8.04. The molecule has 0 N–H and O–H groups in total. The first-order valence-electron chi connectivity index (χ1n) is 3.75. The molecule has 0 bridgehead atoms. The summed E-state index contributed by atoms with van der Waals surface area (Å²) in [6, 6.07) is 0. The predicted octanol–water partition coefficient (Wildman–Crippen LogP) is 2.46. The molecule has 0 saturated carbocycles. The van der Waals surface area contributed by atoms with Crippen molar-refractivity contribution in [3.8, 4) is 5.40 Å². The molecular weight excluding hydrogens is 182 g/mol. The van der Waals surface area contributed by atoms with Crippen LogP contribution in [0.25, 0.3) is 0 Å². The lowest BCUT2D eigenvalue weighted by molar-refractivity contribution is -0.112. The van der Waals surface area contributed by atoms with Gasteiger partial charge in [-0.2, -0.15) is 5.26 Å². The highest BCUT2D eigenvalue weighted by atomic mass is 32.2. The third-order valence-corrected chi connectivity index (χ3v) is 1.77. The molecule has 0 aromatic rings. The van der Waals surface area contributed by atoms with Crippen LogP contribution in [0.4, 0.5) is 0 Å². The van der Waals surface area contributed by atoms with Crippen LogP contribution < -0.4 is 0 Å². The van der Waals surface area contributed by atoms with Crippen molar-refractivity contribution in [1.29, 1.82) is 5.26 Å². The van der Waals surface area contributed by atoms with Crippen molar-refractivity contribution >= 4 is 17.5 Å². The number of Topliss-reactive ketones (excluding diaryl/α,β-unsaturated/α-hetero) is 1. The van der Waals surface area contributed by atoms with E-state index >= 15 is 0 Å². The van der Waals surface area contributed by atoms with E-state index in [0.29, 0.717) is 5.57 Å². The molecule has 0 aromatic heterocycles. The van der Waals surface area contributed by atoms with E-state index in [1.807, 2.05) is 12.3 Å². The molecule has 0 heterocycles. The summed E-state index contributed by atoms with van der Waals surface area (Å²) in [5.41, 5.74) is 0.584. The Hall–Kier alpha value is -1.27. The summed E-state index contributed by atoms with van der Waals surface area (Å²) < 4.78 is 0. The van der Waals surface area contributed by atoms with Gasteiger partial charge in [0.2, 0.25) is 0 Å². The Morgan fingerprint density at radius 1 is 1.69 bits per heavy atom. The maximum Gasteiger partial charge on any atom is 0.173 e. The largest absolute Gasteiger partial charge is 0.293 e. The average molecular weight is 193 g/mol. The molecule has 0 spiro atoms. The van der Waals surface area contributed by atoms with Gasteiger partial charge < -0.3 is 0 Å². The second-order valence-electron chi connectivity index (χ2n) is 2.16. The van der Waals surface area contributed by atoms with Crippen LogP contribution in [-0.4, -0.2) is 11.5 Å². The summed E-state index contributed by atoms with van der Waals surface area (Å²) in [5.74, 6) is 0.144. The summed E-state index contributed by atoms with van der Waals surface area (Å²) >= 11 is 0.943. The number of ketones is 1. The average Bonchev–Trinajstić information content (AvgIpc) is 2.14. The van der Waals surface area contributed by atoms with Crippen LogP contribution in [0.2, 0.25) is 0 Å².